The average molecular weight is 280 g/mol. The van der Waals surface area contributed by atoms with Crippen LogP contribution in [0.1, 0.15) is 12.5 Å². The van der Waals surface area contributed by atoms with Crippen LogP contribution in [0.3, 0.4) is 0 Å². The van der Waals surface area contributed by atoms with Crippen LogP contribution in [0.5, 0.6) is 11.5 Å². The van der Waals surface area contributed by atoms with Crippen molar-refractivity contribution in [3.8, 4) is 11.5 Å². The second kappa shape index (κ2) is 6.11. The molecule has 2 atom stereocenters. The Kier molecular flexibility index (Phi) is 4.46. The summed E-state index contributed by atoms with van der Waals surface area (Å²) in [6.07, 6.45) is 0.316. The Balaban J connectivity index is 2.01. The van der Waals surface area contributed by atoms with Crippen molar-refractivity contribution in [1.29, 1.82) is 0 Å². The number of ether oxygens (including phenoxy) is 1. The molecule has 1 aliphatic rings. The van der Waals surface area contributed by atoms with Crippen LogP contribution < -0.4 is 5.73 Å². The molecule has 1 aliphatic heterocycles. The van der Waals surface area contributed by atoms with Gasteiger partial charge < -0.3 is 25.6 Å². The topological polar surface area (TPSA) is 96.0 Å². The summed E-state index contributed by atoms with van der Waals surface area (Å²) in [7, 11) is 0. The Morgan fingerprint density at radius 1 is 1.50 bits per heavy atom. The van der Waals surface area contributed by atoms with E-state index in [1.807, 2.05) is 6.92 Å². The molecule has 2 rings (SSSR count). The van der Waals surface area contributed by atoms with E-state index in [0.29, 0.717) is 31.7 Å². The molecular weight excluding hydrogens is 260 g/mol. The third kappa shape index (κ3) is 3.20. The molecule has 0 spiro atoms. The summed E-state index contributed by atoms with van der Waals surface area (Å²) in [6.45, 7) is 3.53. The van der Waals surface area contributed by atoms with Crippen LogP contribution in [0.2, 0.25) is 0 Å². The third-order valence-corrected chi connectivity index (χ3v) is 3.46. The van der Waals surface area contributed by atoms with E-state index in [1.165, 1.54) is 12.1 Å². The zero-order chi connectivity index (χ0) is 14.7. The van der Waals surface area contributed by atoms with Gasteiger partial charge in [-0.05, 0) is 31.0 Å². The quantitative estimate of drug-likeness (QED) is 0.688. The van der Waals surface area contributed by atoms with Crippen molar-refractivity contribution in [3.05, 3.63) is 23.8 Å². The summed E-state index contributed by atoms with van der Waals surface area (Å²) in [6, 6.07) is 3.81. The minimum atomic E-state index is -0.667. The molecule has 0 radical (unpaired) electrons. The van der Waals surface area contributed by atoms with Crippen molar-refractivity contribution in [2.45, 2.75) is 25.4 Å². The highest BCUT2D eigenvalue weighted by atomic mass is 16.5. The summed E-state index contributed by atoms with van der Waals surface area (Å²) in [5.41, 5.74) is 6.66. The second-order valence-electron chi connectivity index (χ2n) is 5.09. The molecule has 1 heterocycles. The smallest absolute Gasteiger partial charge is 0.240 e. The van der Waals surface area contributed by atoms with Gasteiger partial charge in [0.05, 0.1) is 25.3 Å². The lowest BCUT2D eigenvalue weighted by molar-refractivity contribution is -0.140. The van der Waals surface area contributed by atoms with Crippen molar-refractivity contribution in [2.75, 3.05) is 19.8 Å². The van der Waals surface area contributed by atoms with Crippen LogP contribution in [0.4, 0.5) is 0 Å². The first kappa shape index (κ1) is 14.6. The van der Waals surface area contributed by atoms with E-state index in [4.69, 9.17) is 10.5 Å². The molecule has 20 heavy (non-hydrogen) atoms. The van der Waals surface area contributed by atoms with Gasteiger partial charge in [0.25, 0.3) is 0 Å². The number of hydrogen-bond acceptors (Lipinski definition) is 5. The van der Waals surface area contributed by atoms with Gasteiger partial charge in [0.15, 0.2) is 11.5 Å². The number of nitrogens with two attached hydrogens (primary N) is 1. The number of hydrogen-bond donors (Lipinski definition) is 3. The molecule has 0 bridgehead atoms. The van der Waals surface area contributed by atoms with E-state index >= 15 is 0 Å². The normalized spacial score (nSPS) is 20.7. The molecule has 1 fully saturated rings. The number of aromatic hydroxyl groups is 2. The summed E-state index contributed by atoms with van der Waals surface area (Å²) in [4.78, 5) is 14.0. The Morgan fingerprint density at radius 3 is 2.90 bits per heavy atom. The van der Waals surface area contributed by atoms with E-state index in [9.17, 15) is 15.0 Å². The molecule has 6 nitrogen and oxygen atoms in total. The van der Waals surface area contributed by atoms with Crippen LogP contribution in [0.25, 0.3) is 0 Å². The number of phenols is 2. The van der Waals surface area contributed by atoms with Gasteiger partial charge in [0, 0.05) is 6.54 Å². The minimum absolute atomic E-state index is 0.0236. The lowest BCUT2D eigenvalue weighted by Crippen LogP contribution is -2.53. The van der Waals surface area contributed by atoms with Gasteiger partial charge in [-0.2, -0.15) is 0 Å². The molecule has 0 aliphatic carbocycles. The second-order valence-corrected chi connectivity index (χ2v) is 5.09. The van der Waals surface area contributed by atoms with Gasteiger partial charge >= 0.3 is 0 Å². The maximum absolute atomic E-state index is 12.3. The van der Waals surface area contributed by atoms with Crippen LogP contribution >= 0.6 is 0 Å². The zero-order valence-electron chi connectivity index (χ0n) is 11.5. The van der Waals surface area contributed by atoms with Crippen LogP contribution in [0.15, 0.2) is 18.2 Å². The summed E-state index contributed by atoms with van der Waals surface area (Å²) in [5, 5.41) is 18.7. The van der Waals surface area contributed by atoms with Crippen LogP contribution in [-0.2, 0) is 16.0 Å². The molecule has 1 aromatic rings. The molecule has 1 saturated heterocycles. The highest BCUT2D eigenvalue weighted by Gasteiger charge is 2.27. The number of amides is 1. The number of carbonyl (C=O) groups excluding carboxylic acids is 1. The summed E-state index contributed by atoms with van der Waals surface area (Å²) < 4.78 is 5.29. The number of morpholine rings is 1. The van der Waals surface area contributed by atoms with Crippen LogP contribution in [-0.4, -0.2) is 52.9 Å². The summed E-state index contributed by atoms with van der Waals surface area (Å²) >= 11 is 0. The van der Waals surface area contributed by atoms with Gasteiger partial charge in [0.1, 0.15) is 0 Å². The molecule has 110 valence electrons. The van der Waals surface area contributed by atoms with Gasteiger partial charge in [-0.3, -0.25) is 4.79 Å². The van der Waals surface area contributed by atoms with Crippen molar-refractivity contribution >= 4 is 5.91 Å². The number of nitrogens with zero attached hydrogens (tertiary/aromatic N) is 1. The Bertz CT molecular complexity index is 492. The van der Waals surface area contributed by atoms with Gasteiger partial charge in [-0.1, -0.05) is 6.07 Å². The highest BCUT2D eigenvalue weighted by molar-refractivity contribution is 5.82. The Labute approximate surface area is 117 Å². The van der Waals surface area contributed by atoms with E-state index < -0.39 is 6.04 Å². The Morgan fingerprint density at radius 2 is 2.25 bits per heavy atom. The summed E-state index contributed by atoms with van der Waals surface area (Å²) in [5.74, 6) is -0.509. The van der Waals surface area contributed by atoms with Crippen molar-refractivity contribution in [2.24, 2.45) is 5.73 Å². The highest BCUT2D eigenvalue weighted by Crippen LogP contribution is 2.25. The van der Waals surface area contributed by atoms with E-state index in [2.05, 4.69) is 0 Å². The molecular formula is C14H20N2O4. The first-order valence-electron chi connectivity index (χ1n) is 6.63. The number of phenolic OH excluding ortho intramolecular Hbond substituents is 2. The van der Waals surface area contributed by atoms with Gasteiger partial charge in [-0.15, -0.1) is 0 Å². The lowest BCUT2D eigenvalue weighted by Gasteiger charge is -2.35. The van der Waals surface area contributed by atoms with E-state index in [0.717, 1.165) is 0 Å². The molecule has 1 unspecified atom stereocenters. The SMILES string of the molecule is CC1COCCN1C(=O)[C@@H](N)Cc1ccc(O)c(O)c1. The molecule has 0 aromatic heterocycles. The van der Waals surface area contributed by atoms with Crippen molar-refractivity contribution < 1.29 is 19.7 Å². The number of rotatable bonds is 3. The van der Waals surface area contributed by atoms with E-state index in [-0.39, 0.29) is 23.4 Å². The number of benzene rings is 1. The standard InChI is InChI=1S/C14H20N2O4/c1-9-8-20-5-4-16(9)14(19)11(15)6-10-2-3-12(17)13(18)7-10/h2-3,7,9,11,17-18H,4-6,8,15H2,1H3/t9?,11-/m0/s1. The van der Waals surface area contributed by atoms with Gasteiger partial charge in [-0.25, -0.2) is 0 Å². The average Bonchev–Trinajstić information content (AvgIpc) is 2.42. The Hall–Kier alpha value is -1.79. The van der Waals surface area contributed by atoms with E-state index in [1.54, 1.807) is 11.0 Å². The molecule has 1 amide bonds. The molecule has 1 aromatic carbocycles. The minimum Gasteiger partial charge on any atom is -0.504 e. The fourth-order valence-electron chi connectivity index (χ4n) is 2.30. The molecule has 4 N–H and O–H groups in total. The first-order valence-corrected chi connectivity index (χ1v) is 6.63. The van der Waals surface area contributed by atoms with Crippen molar-refractivity contribution in [1.82, 2.24) is 4.90 Å². The zero-order valence-corrected chi connectivity index (χ0v) is 11.5. The molecule has 6 heteroatoms. The number of carbonyl (C=O) groups is 1. The first-order chi connectivity index (χ1) is 9.49. The molecule has 0 saturated carbocycles. The monoisotopic (exact) mass is 280 g/mol. The lowest BCUT2D eigenvalue weighted by atomic mass is 10.0. The van der Waals surface area contributed by atoms with Gasteiger partial charge in [0.2, 0.25) is 5.91 Å². The van der Waals surface area contributed by atoms with Crippen LogP contribution in [0, 0.1) is 0 Å². The maximum Gasteiger partial charge on any atom is 0.240 e. The third-order valence-electron chi connectivity index (χ3n) is 3.46. The predicted octanol–water partition coefficient (Wildman–Crippen LogP) is 0.215. The maximum atomic E-state index is 12.3. The largest absolute Gasteiger partial charge is 0.504 e. The fourth-order valence-corrected chi connectivity index (χ4v) is 2.30. The van der Waals surface area contributed by atoms with Crippen molar-refractivity contribution in [3.63, 3.8) is 0 Å². The fraction of sp³-hybridized carbons (Fsp3) is 0.500. The predicted molar refractivity (Wildman–Crippen MR) is 73.4 cm³/mol.